The zero-order chi connectivity index (χ0) is 17.1. The summed E-state index contributed by atoms with van der Waals surface area (Å²) in [5.74, 6) is 0.525. The molecule has 120 valence electrons. The van der Waals surface area contributed by atoms with Crippen LogP contribution in [0.5, 0.6) is 0 Å². The van der Waals surface area contributed by atoms with Crippen molar-refractivity contribution in [3.8, 4) is 33.5 Å². The van der Waals surface area contributed by atoms with Crippen LogP contribution in [0, 0.1) is 0 Å². The molecule has 2 heteroatoms. The van der Waals surface area contributed by atoms with Gasteiger partial charge in [-0.05, 0) is 22.8 Å². The molecule has 0 spiro atoms. The quantitative estimate of drug-likeness (QED) is 0.528. The lowest BCUT2D eigenvalue weighted by Gasteiger charge is -2.16. The van der Waals surface area contributed by atoms with Gasteiger partial charge in [0, 0.05) is 11.1 Å². The third-order valence-electron chi connectivity index (χ3n) is 4.23. The van der Waals surface area contributed by atoms with Crippen molar-refractivity contribution in [3.63, 3.8) is 0 Å². The number of nitrogens with two attached hydrogens (primary N) is 1. The van der Waals surface area contributed by atoms with E-state index in [1.54, 1.807) is 0 Å². The Bertz CT molecular complexity index is 918. The molecule has 0 aliphatic carbocycles. The fourth-order valence-corrected chi connectivity index (χ4v) is 3.11. The second kappa shape index (κ2) is 6.62. The Kier molecular flexibility index (Phi) is 4.01. The molecule has 0 aliphatic rings. The first-order chi connectivity index (χ1) is 12.3. The standard InChI is InChI=1S/C23H18N2/c24-21-16-20(17-10-4-1-5-11-17)22(18-12-6-2-7-13-18)23(25-21)19-14-8-3-9-15-19/h1-16H,(H2,24,25). The van der Waals surface area contributed by atoms with Gasteiger partial charge in [0.15, 0.2) is 0 Å². The summed E-state index contributed by atoms with van der Waals surface area (Å²) < 4.78 is 0. The van der Waals surface area contributed by atoms with Crippen molar-refractivity contribution in [3.05, 3.63) is 97.1 Å². The second-order valence-electron chi connectivity index (χ2n) is 5.92. The van der Waals surface area contributed by atoms with Gasteiger partial charge in [0.1, 0.15) is 5.82 Å². The van der Waals surface area contributed by atoms with Crippen LogP contribution in [0.15, 0.2) is 97.1 Å². The molecule has 0 radical (unpaired) electrons. The Morgan fingerprint density at radius 1 is 0.560 bits per heavy atom. The van der Waals surface area contributed by atoms with Crippen LogP contribution in [0.3, 0.4) is 0 Å². The summed E-state index contributed by atoms with van der Waals surface area (Å²) in [5, 5.41) is 0. The van der Waals surface area contributed by atoms with Crippen LogP contribution >= 0.6 is 0 Å². The fourth-order valence-electron chi connectivity index (χ4n) is 3.11. The molecular formula is C23H18N2. The van der Waals surface area contributed by atoms with E-state index in [2.05, 4.69) is 53.5 Å². The van der Waals surface area contributed by atoms with Gasteiger partial charge in [-0.2, -0.15) is 0 Å². The minimum Gasteiger partial charge on any atom is -0.384 e. The lowest BCUT2D eigenvalue weighted by Crippen LogP contribution is -1.98. The number of hydrogen-bond acceptors (Lipinski definition) is 2. The van der Waals surface area contributed by atoms with Crippen LogP contribution in [0.25, 0.3) is 33.5 Å². The number of anilines is 1. The van der Waals surface area contributed by atoms with Gasteiger partial charge in [0.2, 0.25) is 0 Å². The van der Waals surface area contributed by atoms with Gasteiger partial charge < -0.3 is 5.73 Å². The van der Waals surface area contributed by atoms with E-state index in [-0.39, 0.29) is 0 Å². The molecule has 2 nitrogen and oxygen atoms in total. The lowest BCUT2D eigenvalue weighted by molar-refractivity contribution is 1.33. The van der Waals surface area contributed by atoms with E-state index in [1.807, 2.05) is 48.5 Å². The second-order valence-corrected chi connectivity index (χ2v) is 5.92. The molecule has 0 saturated heterocycles. The molecule has 3 aromatic carbocycles. The summed E-state index contributed by atoms with van der Waals surface area (Å²) in [4.78, 5) is 4.68. The van der Waals surface area contributed by atoms with Crippen molar-refractivity contribution >= 4 is 5.82 Å². The molecule has 25 heavy (non-hydrogen) atoms. The molecule has 0 fully saturated rings. The zero-order valence-electron chi connectivity index (χ0n) is 13.8. The largest absolute Gasteiger partial charge is 0.384 e. The Morgan fingerprint density at radius 3 is 1.60 bits per heavy atom. The number of rotatable bonds is 3. The molecule has 2 N–H and O–H groups in total. The average Bonchev–Trinajstić information content (AvgIpc) is 2.69. The summed E-state index contributed by atoms with van der Waals surface area (Å²) in [7, 11) is 0. The molecule has 0 unspecified atom stereocenters. The summed E-state index contributed by atoms with van der Waals surface area (Å²) in [6, 6.07) is 32.9. The smallest absolute Gasteiger partial charge is 0.124 e. The topological polar surface area (TPSA) is 38.9 Å². The van der Waals surface area contributed by atoms with Gasteiger partial charge >= 0.3 is 0 Å². The van der Waals surface area contributed by atoms with E-state index in [0.29, 0.717) is 5.82 Å². The van der Waals surface area contributed by atoms with E-state index in [9.17, 15) is 0 Å². The maximum atomic E-state index is 6.17. The third-order valence-corrected chi connectivity index (χ3v) is 4.23. The SMILES string of the molecule is Nc1cc(-c2ccccc2)c(-c2ccccc2)c(-c2ccccc2)n1. The fraction of sp³-hybridized carbons (Fsp3) is 0. The summed E-state index contributed by atoms with van der Waals surface area (Å²) in [6.45, 7) is 0. The average molecular weight is 322 g/mol. The number of nitrogen functional groups attached to an aromatic ring is 1. The maximum absolute atomic E-state index is 6.17. The first kappa shape index (κ1) is 15.2. The van der Waals surface area contributed by atoms with Crippen LogP contribution in [0.4, 0.5) is 5.82 Å². The van der Waals surface area contributed by atoms with Crippen molar-refractivity contribution in [2.45, 2.75) is 0 Å². The lowest BCUT2D eigenvalue weighted by atomic mass is 9.91. The highest BCUT2D eigenvalue weighted by Crippen LogP contribution is 2.39. The Morgan fingerprint density at radius 2 is 1.04 bits per heavy atom. The Labute approximate surface area is 147 Å². The van der Waals surface area contributed by atoms with Crippen molar-refractivity contribution in [2.75, 3.05) is 5.73 Å². The number of benzene rings is 3. The van der Waals surface area contributed by atoms with Crippen LogP contribution in [-0.4, -0.2) is 4.98 Å². The molecule has 0 atom stereocenters. The van der Waals surface area contributed by atoms with Gasteiger partial charge in [0.25, 0.3) is 0 Å². The first-order valence-electron chi connectivity index (χ1n) is 8.30. The van der Waals surface area contributed by atoms with Crippen LogP contribution in [0.1, 0.15) is 0 Å². The Hall–Kier alpha value is -3.39. The van der Waals surface area contributed by atoms with E-state index < -0.39 is 0 Å². The van der Waals surface area contributed by atoms with Crippen molar-refractivity contribution < 1.29 is 0 Å². The summed E-state index contributed by atoms with van der Waals surface area (Å²) in [6.07, 6.45) is 0. The predicted molar refractivity (Wildman–Crippen MR) is 105 cm³/mol. The molecule has 0 aliphatic heterocycles. The van der Waals surface area contributed by atoms with Crippen LogP contribution in [-0.2, 0) is 0 Å². The number of aromatic nitrogens is 1. The van der Waals surface area contributed by atoms with Crippen LogP contribution in [0.2, 0.25) is 0 Å². The highest BCUT2D eigenvalue weighted by Gasteiger charge is 2.16. The summed E-state index contributed by atoms with van der Waals surface area (Å²) >= 11 is 0. The first-order valence-corrected chi connectivity index (χ1v) is 8.30. The van der Waals surface area contributed by atoms with Crippen LogP contribution < -0.4 is 5.73 Å². The van der Waals surface area contributed by atoms with Crippen molar-refractivity contribution in [2.24, 2.45) is 0 Å². The number of pyridine rings is 1. The molecular weight excluding hydrogens is 304 g/mol. The molecule has 1 heterocycles. The van der Waals surface area contributed by atoms with E-state index in [4.69, 9.17) is 5.73 Å². The van der Waals surface area contributed by atoms with Crippen molar-refractivity contribution in [1.82, 2.24) is 4.98 Å². The third kappa shape index (κ3) is 3.02. The summed E-state index contributed by atoms with van der Waals surface area (Å²) in [5.41, 5.74) is 12.6. The highest BCUT2D eigenvalue weighted by molar-refractivity contribution is 5.93. The van der Waals surface area contributed by atoms with Crippen molar-refractivity contribution in [1.29, 1.82) is 0 Å². The van der Waals surface area contributed by atoms with E-state index >= 15 is 0 Å². The van der Waals surface area contributed by atoms with Gasteiger partial charge in [-0.3, -0.25) is 0 Å². The Balaban J connectivity index is 2.07. The number of nitrogens with zero attached hydrogens (tertiary/aromatic N) is 1. The molecule has 0 amide bonds. The molecule has 0 saturated carbocycles. The molecule has 0 bridgehead atoms. The highest BCUT2D eigenvalue weighted by atomic mass is 14.8. The monoisotopic (exact) mass is 322 g/mol. The number of hydrogen-bond donors (Lipinski definition) is 1. The minimum absolute atomic E-state index is 0.525. The minimum atomic E-state index is 0.525. The van der Waals surface area contributed by atoms with Gasteiger partial charge in [-0.25, -0.2) is 4.98 Å². The molecule has 1 aromatic heterocycles. The molecule has 4 aromatic rings. The zero-order valence-corrected chi connectivity index (χ0v) is 13.8. The normalized spacial score (nSPS) is 10.6. The van der Waals surface area contributed by atoms with E-state index in [1.165, 1.54) is 0 Å². The molecule has 4 rings (SSSR count). The van der Waals surface area contributed by atoms with Gasteiger partial charge in [-0.1, -0.05) is 91.0 Å². The predicted octanol–water partition coefficient (Wildman–Crippen LogP) is 5.66. The van der Waals surface area contributed by atoms with E-state index in [0.717, 1.165) is 33.5 Å². The maximum Gasteiger partial charge on any atom is 0.124 e. The van der Waals surface area contributed by atoms with Gasteiger partial charge in [0.05, 0.1) is 5.69 Å². The van der Waals surface area contributed by atoms with Gasteiger partial charge in [-0.15, -0.1) is 0 Å².